The van der Waals surface area contributed by atoms with E-state index in [1.165, 1.54) is 122 Å². The van der Waals surface area contributed by atoms with Gasteiger partial charge in [-0.15, -0.1) is 0 Å². The molecular formula is C60H116O17P2. The van der Waals surface area contributed by atoms with Crippen LogP contribution in [-0.2, 0) is 65.4 Å². The first-order valence-corrected chi connectivity index (χ1v) is 34.6. The minimum Gasteiger partial charge on any atom is -0.462 e. The molecule has 0 aromatic rings. The summed E-state index contributed by atoms with van der Waals surface area (Å²) in [6.07, 6.45) is 36.2. The highest BCUT2D eigenvalue weighted by Crippen LogP contribution is 2.45. The zero-order valence-corrected chi connectivity index (χ0v) is 52.3. The monoisotopic (exact) mass is 1170 g/mol. The fourth-order valence-electron chi connectivity index (χ4n) is 8.88. The molecule has 0 bridgehead atoms. The molecule has 468 valence electrons. The SMILES string of the molecule is CCCCCCCCCCCC(=O)OC[C@H](COP(=O)(O)OC[C@H](O)COP(=O)(O)OC[C@@H](COC(=O)CCCCCCCCCCC)OC(=O)CCCCCCCCCCCC(C)C)OC(=O)CCCCCCCCCCC. The number of esters is 4. The van der Waals surface area contributed by atoms with Crippen LogP contribution in [0.5, 0.6) is 0 Å². The summed E-state index contributed by atoms with van der Waals surface area (Å²) < 4.78 is 67.7. The lowest BCUT2D eigenvalue weighted by molar-refractivity contribution is -0.161. The molecule has 0 radical (unpaired) electrons. The number of carbonyl (C=O) groups excluding carboxylic acids is 4. The van der Waals surface area contributed by atoms with Crippen molar-refractivity contribution in [1.29, 1.82) is 0 Å². The molecule has 17 nitrogen and oxygen atoms in total. The number of aliphatic hydroxyl groups excluding tert-OH is 1. The second-order valence-corrected chi connectivity index (χ2v) is 25.1. The molecule has 0 aromatic carbocycles. The van der Waals surface area contributed by atoms with Gasteiger partial charge in [-0.05, 0) is 31.6 Å². The zero-order chi connectivity index (χ0) is 58.5. The quantitative estimate of drug-likeness (QED) is 0.0222. The van der Waals surface area contributed by atoms with E-state index in [4.69, 9.17) is 37.0 Å². The smallest absolute Gasteiger partial charge is 0.462 e. The summed E-state index contributed by atoms with van der Waals surface area (Å²) in [5.74, 6) is -1.40. The number of rotatable bonds is 60. The number of unbranched alkanes of at least 4 members (excludes halogenated alkanes) is 32. The van der Waals surface area contributed by atoms with Gasteiger partial charge in [0.15, 0.2) is 12.2 Å². The Kier molecular flexibility index (Phi) is 52.7. The lowest BCUT2D eigenvalue weighted by Crippen LogP contribution is -2.30. The molecule has 0 saturated heterocycles. The number of phosphoric acid groups is 2. The number of ether oxygens (including phenoxy) is 4. The Morgan fingerprint density at radius 3 is 0.861 bits per heavy atom. The Hall–Kier alpha value is -1.94. The first kappa shape index (κ1) is 77.1. The summed E-state index contributed by atoms with van der Waals surface area (Å²) in [6, 6.07) is 0. The van der Waals surface area contributed by atoms with Crippen molar-refractivity contribution < 1.29 is 80.2 Å². The minimum atomic E-state index is -4.94. The molecule has 0 aliphatic rings. The van der Waals surface area contributed by atoms with Crippen molar-refractivity contribution in [2.24, 2.45) is 5.92 Å². The summed E-state index contributed by atoms with van der Waals surface area (Å²) in [5.41, 5.74) is 0. The maximum Gasteiger partial charge on any atom is 0.472 e. The van der Waals surface area contributed by atoms with E-state index < -0.39 is 97.5 Å². The average Bonchev–Trinajstić information content (AvgIpc) is 3.41. The third-order valence-corrected chi connectivity index (χ3v) is 15.7. The normalized spacial score (nSPS) is 14.3. The van der Waals surface area contributed by atoms with Crippen molar-refractivity contribution in [3.63, 3.8) is 0 Å². The lowest BCUT2D eigenvalue weighted by atomic mass is 10.0. The van der Waals surface area contributed by atoms with E-state index >= 15 is 0 Å². The Morgan fingerprint density at radius 2 is 0.582 bits per heavy atom. The largest absolute Gasteiger partial charge is 0.472 e. The van der Waals surface area contributed by atoms with Crippen LogP contribution in [0.25, 0.3) is 0 Å². The summed E-state index contributed by atoms with van der Waals surface area (Å²) in [4.78, 5) is 71.9. The summed E-state index contributed by atoms with van der Waals surface area (Å²) in [5, 5.41) is 10.5. The molecule has 0 aliphatic carbocycles. The third-order valence-electron chi connectivity index (χ3n) is 13.8. The zero-order valence-electron chi connectivity index (χ0n) is 50.5. The van der Waals surface area contributed by atoms with Crippen LogP contribution in [0.15, 0.2) is 0 Å². The van der Waals surface area contributed by atoms with E-state index in [0.717, 1.165) is 95.8 Å². The van der Waals surface area contributed by atoms with E-state index in [1.54, 1.807) is 0 Å². The van der Waals surface area contributed by atoms with Gasteiger partial charge in [0.25, 0.3) is 0 Å². The van der Waals surface area contributed by atoms with Gasteiger partial charge in [0.05, 0.1) is 26.4 Å². The van der Waals surface area contributed by atoms with Crippen LogP contribution in [-0.4, -0.2) is 96.7 Å². The van der Waals surface area contributed by atoms with Crippen LogP contribution in [0.1, 0.15) is 298 Å². The van der Waals surface area contributed by atoms with E-state index in [9.17, 15) is 43.2 Å². The molecule has 5 atom stereocenters. The lowest BCUT2D eigenvalue weighted by Gasteiger charge is -2.21. The summed E-state index contributed by atoms with van der Waals surface area (Å²) in [6.45, 7) is 7.09. The second kappa shape index (κ2) is 54.0. The molecule has 0 fully saturated rings. The Morgan fingerprint density at radius 1 is 0.342 bits per heavy atom. The Bertz CT molecular complexity index is 1550. The fourth-order valence-corrected chi connectivity index (χ4v) is 10.5. The van der Waals surface area contributed by atoms with Crippen molar-refractivity contribution in [2.45, 2.75) is 316 Å². The number of hydrogen-bond acceptors (Lipinski definition) is 15. The first-order chi connectivity index (χ1) is 38.0. The van der Waals surface area contributed by atoms with Gasteiger partial charge >= 0.3 is 39.5 Å². The highest BCUT2D eigenvalue weighted by Gasteiger charge is 2.30. The minimum absolute atomic E-state index is 0.105. The van der Waals surface area contributed by atoms with Crippen LogP contribution in [0.2, 0.25) is 0 Å². The van der Waals surface area contributed by atoms with Crippen molar-refractivity contribution in [3.8, 4) is 0 Å². The van der Waals surface area contributed by atoms with Gasteiger partial charge < -0.3 is 33.8 Å². The average molecular weight is 1170 g/mol. The van der Waals surface area contributed by atoms with Crippen LogP contribution in [0.3, 0.4) is 0 Å². The van der Waals surface area contributed by atoms with Crippen molar-refractivity contribution in [3.05, 3.63) is 0 Å². The number of phosphoric ester groups is 2. The second-order valence-electron chi connectivity index (χ2n) is 22.2. The fraction of sp³-hybridized carbons (Fsp3) is 0.933. The number of hydrogen-bond donors (Lipinski definition) is 3. The molecule has 0 spiro atoms. The molecule has 0 rings (SSSR count). The summed E-state index contributed by atoms with van der Waals surface area (Å²) >= 11 is 0. The molecule has 0 heterocycles. The van der Waals surface area contributed by atoms with Crippen LogP contribution >= 0.6 is 15.6 Å². The molecule has 2 unspecified atom stereocenters. The van der Waals surface area contributed by atoms with Gasteiger partial charge in [-0.1, -0.05) is 247 Å². The summed E-state index contributed by atoms with van der Waals surface area (Å²) in [7, 11) is -9.87. The maximum atomic E-state index is 12.9. The van der Waals surface area contributed by atoms with Gasteiger partial charge in [0, 0.05) is 25.7 Å². The number of aliphatic hydroxyl groups is 1. The van der Waals surface area contributed by atoms with Crippen LogP contribution in [0, 0.1) is 5.92 Å². The molecule has 0 amide bonds. The standard InChI is InChI=1S/C60H116O17P2/c1-6-9-12-15-18-22-28-33-38-43-57(62)70-49-55(76-59(64)45-40-35-30-24-20-17-14-11-8-3)51-74-78(66,67)72-47-54(61)48-73-79(68,69)75-52-56(50-71-58(63)44-39-34-29-23-19-16-13-10-7-2)77-60(65)46-41-36-31-26-21-25-27-32-37-42-53(4)5/h53-56,61H,6-52H2,1-5H3,(H,66,67)(H,68,69)/t54-,55+,56+/m0/s1. The van der Waals surface area contributed by atoms with E-state index in [-0.39, 0.29) is 25.7 Å². The van der Waals surface area contributed by atoms with Gasteiger partial charge in [0.2, 0.25) is 0 Å². The van der Waals surface area contributed by atoms with Crippen molar-refractivity contribution >= 4 is 39.5 Å². The van der Waals surface area contributed by atoms with E-state index in [1.807, 2.05) is 0 Å². The number of carbonyl (C=O) groups is 4. The highest BCUT2D eigenvalue weighted by molar-refractivity contribution is 7.47. The van der Waals surface area contributed by atoms with Gasteiger partial charge in [-0.2, -0.15) is 0 Å². The first-order valence-electron chi connectivity index (χ1n) is 31.6. The van der Waals surface area contributed by atoms with E-state index in [2.05, 4.69) is 34.6 Å². The van der Waals surface area contributed by atoms with Gasteiger partial charge in [-0.25, -0.2) is 9.13 Å². The topological polar surface area (TPSA) is 237 Å². The molecule has 0 aliphatic heterocycles. The molecule has 79 heavy (non-hydrogen) atoms. The molecule has 0 saturated carbocycles. The highest BCUT2D eigenvalue weighted by atomic mass is 31.2. The Balaban J connectivity index is 5.22. The predicted octanol–water partition coefficient (Wildman–Crippen LogP) is 16.2. The van der Waals surface area contributed by atoms with Gasteiger partial charge in [-0.3, -0.25) is 37.3 Å². The maximum absolute atomic E-state index is 12.9. The van der Waals surface area contributed by atoms with Crippen LogP contribution < -0.4 is 0 Å². The third kappa shape index (κ3) is 55.0. The van der Waals surface area contributed by atoms with Crippen molar-refractivity contribution in [1.82, 2.24) is 0 Å². The van der Waals surface area contributed by atoms with Gasteiger partial charge in [0.1, 0.15) is 19.3 Å². The van der Waals surface area contributed by atoms with Crippen LogP contribution in [0.4, 0.5) is 0 Å². The molecule has 3 N–H and O–H groups in total. The molecule has 0 aromatic heterocycles. The Labute approximate surface area is 479 Å². The van der Waals surface area contributed by atoms with Crippen molar-refractivity contribution in [2.75, 3.05) is 39.6 Å². The molecular weight excluding hydrogens is 1050 g/mol. The predicted molar refractivity (Wildman–Crippen MR) is 312 cm³/mol. The van der Waals surface area contributed by atoms with E-state index in [0.29, 0.717) is 25.7 Å². The molecule has 19 heteroatoms.